The van der Waals surface area contributed by atoms with Crippen LogP contribution in [0.15, 0.2) is 0 Å². The second-order valence-corrected chi connectivity index (χ2v) is 5.69. The van der Waals surface area contributed by atoms with Crippen molar-refractivity contribution in [3.63, 3.8) is 0 Å². The molecule has 0 aromatic carbocycles. The molecule has 0 aromatic rings. The van der Waals surface area contributed by atoms with Crippen molar-refractivity contribution in [3.8, 4) is 0 Å². The average molecular weight is 277 g/mol. The highest BCUT2D eigenvalue weighted by Crippen LogP contribution is 2.43. The van der Waals surface area contributed by atoms with Gasteiger partial charge in [0.05, 0.1) is 25.4 Å². The molecule has 1 atom stereocenters. The summed E-state index contributed by atoms with van der Waals surface area (Å²) >= 11 is 5.47. The third kappa shape index (κ3) is 2.25. The molecule has 104 valence electrons. The summed E-state index contributed by atoms with van der Waals surface area (Å²) in [6, 6.07) is 0. The molecule has 1 aliphatic heterocycles. The molecule has 1 saturated heterocycles. The molecule has 1 heterocycles. The lowest BCUT2D eigenvalue weighted by molar-refractivity contribution is -0.180. The average Bonchev–Trinajstić information content (AvgIpc) is 2.35. The van der Waals surface area contributed by atoms with Crippen molar-refractivity contribution < 1.29 is 14.6 Å². The third-order valence-corrected chi connectivity index (χ3v) is 4.72. The van der Waals surface area contributed by atoms with Gasteiger partial charge in [0, 0.05) is 12.1 Å². The van der Waals surface area contributed by atoms with Crippen molar-refractivity contribution in [1.82, 2.24) is 10.2 Å². The molecule has 0 aromatic heterocycles. The van der Waals surface area contributed by atoms with Gasteiger partial charge < -0.3 is 15.2 Å². The Morgan fingerprint density at radius 3 is 2.72 bits per heavy atom. The molecule has 1 aliphatic carbocycles. The summed E-state index contributed by atoms with van der Waals surface area (Å²) in [5, 5.41) is 12.5. The van der Waals surface area contributed by atoms with Gasteiger partial charge in [0.1, 0.15) is 5.88 Å². The lowest BCUT2D eigenvalue weighted by Crippen LogP contribution is -2.73. The number of rotatable bonds is 4. The van der Waals surface area contributed by atoms with Gasteiger partial charge >= 0.3 is 0 Å². The highest BCUT2D eigenvalue weighted by molar-refractivity contribution is 6.27. The molecule has 2 rings (SSSR count). The van der Waals surface area contributed by atoms with Gasteiger partial charge in [0.25, 0.3) is 0 Å². The maximum absolute atomic E-state index is 11.3. The van der Waals surface area contributed by atoms with E-state index in [1.165, 1.54) is 6.42 Å². The van der Waals surface area contributed by atoms with Crippen molar-refractivity contribution in [3.05, 3.63) is 0 Å². The standard InChI is InChI=1S/C12H21ClN2O3/c1-15-11(3-2-4-11)8-18-9-12(15,7-16)6-14-10(17)5-13/h16H,2-9H2,1H3,(H,14,17). The number of amides is 1. The third-order valence-electron chi connectivity index (χ3n) is 4.48. The Morgan fingerprint density at radius 2 is 2.22 bits per heavy atom. The largest absolute Gasteiger partial charge is 0.394 e. The van der Waals surface area contributed by atoms with Gasteiger partial charge in [-0.2, -0.15) is 0 Å². The molecule has 1 amide bonds. The van der Waals surface area contributed by atoms with Crippen molar-refractivity contribution >= 4 is 17.5 Å². The number of aliphatic hydroxyl groups excluding tert-OH is 1. The molecule has 1 spiro atoms. The summed E-state index contributed by atoms with van der Waals surface area (Å²) in [6.45, 7) is 1.49. The SMILES string of the molecule is CN1C2(CCC2)COCC1(CO)CNC(=O)CCl. The normalized spacial score (nSPS) is 31.1. The monoisotopic (exact) mass is 276 g/mol. The number of morpholine rings is 1. The maximum Gasteiger partial charge on any atom is 0.234 e. The van der Waals surface area contributed by atoms with E-state index >= 15 is 0 Å². The number of nitrogens with zero attached hydrogens (tertiary/aromatic N) is 1. The zero-order valence-electron chi connectivity index (χ0n) is 10.7. The quantitative estimate of drug-likeness (QED) is 0.707. The Bertz CT molecular complexity index is 322. The Hall–Kier alpha value is -0.360. The maximum atomic E-state index is 11.3. The Morgan fingerprint density at radius 1 is 1.50 bits per heavy atom. The van der Waals surface area contributed by atoms with Crippen LogP contribution < -0.4 is 5.32 Å². The fourth-order valence-corrected chi connectivity index (χ4v) is 2.97. The zero-order chi connectivity index (χ0) is 13.2. The first-order valence-electron chi connectivity index (χ1n) is 6.34. The van der Waals surface area contributed by atoms with Crippen LogP contribution in [0.4, 0.5) is 0 Å². The molecule has 0 radical (unpaired) electrons. The van der Waals surface area contributed by atoms with E-state index in [1.807, 2.05) is 7.05 Å². The van der Waals surface area contributed by atoms with Crippen molar-refractivity contribution in [2.45, 2.75) is 30.3 Å². The van der Waals surface area contributed by atoms with E-state index in [2.05, 4.69) is 10.2 Å². The summed E-state index contributed by atoms with van der Waals surface area (Å²) in [5.74, 6) is -0.275. The van der Waals surface area contributed by atoms with Crippen LogP contribution >= 0.6 is 11.6 Å². The minimum absolute atomic E-state index is 0.0339. The Labute approximate surface area is 112 Å². The van der Waals surface area contributed by atoms with E-state index in [9.17, 15) is 9.90 Å². The number of hydrogen-bond acceptors (Lipinski definition) is 4. The molecule has 2 aliphatic rings. The van der Waals surface area contributed by atoms with E-state index in [4.69, 9.17) is 16.3 Å². The second kappa shape index (κ2) is 5.33. The van der Waals surface area contributed by atoms with Crippen LogP contribution in [-0.2, 0) is 9.53 Å². The molecule has 2 fully saturated rings. The second-order valence-electron chi connectivity index (χ2n) is 5.42. The predicted octanol–water partition coefficient (Wildman–Crippen LogP) is -0.0428. The number of likely N-dealkylation sites (N-methyl/N-ethyl adjacent to an activating group) is 1. The van der Waals surface area contributed by atoms with Crippen LogP contribution in [-0.4, -0.2) is 66.3 Å². The molecule has 1 saturated carbocycles. The van der Waals surface area contributed by atoms with Crippen LogP contribution in [0.25, 0.3) is 0 Å². The van der Waals surface area contributed by atoms with Crippen LogP contribution in [0, 0.1) is 0 Å². The molecule has 2 N–H and O–H groups in total. The molecular formula is C12H21ClN2O3. The zero-order valence-corrected chi connectivity index (χ0v) is 11.5. The number of ether oxygens (including phenoxy) is 1. The molecular weight excluding hydrogens is 256 g/mol. The summed E-state index contributed by atoms with van der Waals surface area (Å²) in [7, 11) is 2.02. The van der Waals surface area contributed by atoms with Crippen LogP contribution in [0.2, 0.25) is 0 Å². The number of nitrogens with one attached hydrogen (secondary N) is 1. The molecule has 5 nitrogen and oxygen atoms in total. The summed E-state index contributed by atoms with van der Waals surface area (Å²) in [5.41, 5.74) is -0.479. The minimum atomic E-state index is -0.527. The van der Waals surface area contributed by atoms with Gasteiger partial charge in [-0.05, 0) is 26.3 Å². The first-order valence-corrected chi connectivity index (χ1v) is 6.87. The van der Waals surface area contributed by atoms with Crippen molar-refractivity contribution in [2.75, 3.05) is 39.3 Å². The number of aliphatic hydroxyl groups is 1. The number of carbonyl (C=O) groups is 1. The molecule has 1 unspecified atom stereocenters. The van der Waals surface area contributed by atoms with E-state index < -0.39 is 5.54 Å². The van der Waals surface area contributed by atoms with Gasteiger partial charge in [0.15, 0.2) is 0 Å². The van der Waals surface area contributed by atoms with Gasteiger partial charge in [-0.1, -0.05) is 0 Å². The smallest absolute Gasteiger partial charge is 0.234 e. The number of halogens is 1. The first-order chi connectivity index (χ1) is 8.58. The summed E-state index contributed by atoms with van der Waals surface area (Å²) in [6.07, 6.45) is 3.38. The molecule has 6 heteroatoms. The van der Waals surface area contributed by atoms with Crippen LogP contribution in [0.5, 0.6) is 0 Å². The Kier molecular flexibility index (Phi) is 4.16. The fourth-order valence-electron chi connectivity index (χ4n) is 2.88. The van der Waals surface area contributed by atoms with Gasteiger partial charge in [-0.3, -0.25) is 9.69 Å². The lowest BCUT2D eigenvalue weighted by Gasteiger charge is -2.59. The van der Waals surface area contributed by atoms with Crippen LogP contribution in [0.3, 0.4) is 0 Å². The Balaban J connectivity index is 2.07. The topological polar surface area (TPSA) is 61.8 Å². The number of alkyl halides is 1. The van der Waals surface area contributed by atoms with Gasteiger partial charge in [0.2, 0.25) is 5.91 Å². The van der Waals surface area contributed by atoms with Crippen LogP contribution in [0.1, 0.15) is 19.3 Å². The van der Waals surface area contributed by atoms with Crippen molar-refractivity contribution in [2.24, 2.45) is 0 Å². The van der Waals surface area contributed by atoms with E-state index in [0.29, 0.717) is 19.8 Å². The summed E-state index contributed by atoms with van der Waals surface area (Å²) in [4.78, 5) is 13.5. The van der Waals surface area contributed by atoms with E-state index in [1.54, 1.807) is 0 Å². The van der Waals surface area contributed by atoms with Crippen molar-refractivity contribution in [1.29, 1.82) is 0 Å². The highest BCUT2D eigenvalue weighted by atomic mass is 35.5. The lowest BCUT2D eigenvalue weighted by atomic mass is 9.72. The van der Waals surface area contributed by atoms with Gasteiger partial charge in [-0.25, -0.2) is 0 Å². The summed E-state index contributed by atoms with van der Waals surface area (Å²) < 4.78 is 5.68. The number of hydrogen-bond donors (Lipinski definition) is 2. The fraction of sp³-hybridized carbons (Fsp3) is 0.917. The first kappa shape index (κ1) is 14.1. The molecule has 18 heavy (non-hydrogen) atoms. The highest BCUT2D eigenvalue weighted by Gasteiger charge is 2.53. The van der Waals surface area contributed by atoms with Gasteiger partial charge in [-0.15, -0.1) is 11.6 Å². The van der Waals surface area contributed by atoms with E-state index in [0.717, 1.165) is 12.8 Å². The van der Waals surface area contributed by atoms with E-state index in [-0.39, 0.29) is 23.9 Å². The molecule has 0 bridgehead atoms. The predicted molar refractivity (Wildman–Crippen MR) is 68.7 cm³/mol. The minimum Gasteiger partial charge on any atom is -0.394 e. The number of carbonyl (C=O) groups excluding carboxylic acids is 1.